The Morgan fingerprint density at radius 2 is 1.67 bits per heavy atom. The lowest BCUT2D eigenvalue weighted by Gasteiger charge is -2.09. The van der Waals surface area contributed by atoms with Gasteiger partial charge in [-0.3, -0.25) is 4.90 Å². The topological polar surface area (TPSA) is 16.8 Å². The van der Waals surface area contributed by atoms with Crippen LogP contribution in [0.2, 0.25) is 0 Å². The highest BCUT2D eigenvalue weighted by molar-refractivity contribution is 6.50. The van der Waals surface area contributed by atoms with Gasteiger partial charge in [0, 0.05) is 6.92 Å². The van der Waals surface area contributed by atoms with Crippen LogP contribution in [-0.4, -0.2) is 20.1 Å². The molecule has 7 heteroatoms. The fraction of sp³-hybridized carbons (Fsp3) is 0.727. The van der Waals surface area contributed by atoms with E-state index >= 15 is 0 Å². The van der Waals surface area contributed by atoms with Crippen LogP contribution in [0.25, 0.3) is 0 Å². The van der Waals surface area contributed by atoms with Crippen LogP contribution >= 0.6 is 0 Å². The van der Waals surface area contributed by atoms with Crippen LogP contribution < -0.4 is 4.90 Å². The summed E-state index contributed by atoms with van der Waals surface area (Å²) < 4.78 is 39.0. The zero-order chi connectivity index (χ0) is 14.2. The quantitative estimate of drug-likeness (QED) is 0.448. The molecule has 106 valence electrons. The van der Waals surface area contributed by atoms with Gasteiger partial charge in [-0.15, -0.1) is 0 Å². The molecule has 1 N–H and O–H groups in total. The second-order valence-corrected chi connectivity index (χ2v) is 4.30. The average Bonchev–Trinajstić information content (AvgIpc) is 2.53. The third kappa shape index (κ3) is 9.21. The molecule has 18 heavy (non-hydrogen) atoms. The maximum atomic E-state index is 9.75. The van der Waals surface area contributed by atoms with Crippen molar-refractivity contribution in [3.8, 4) is 0 Å². The minimum atomic E-state index is -6.00. The van der Waals surface area contributed by atoms with Crippen molar-refractivity contribution < 1.29 is 22.2 Å². The SMILES string of the molecule is CCCCCC[NH+]1C=NC(C)=C1C.F[B-](F)(F)F. The number of nitrogens with zero attached hydrogens (tertiary/aromatic N) is 1. The summed E-state index contributed by atoms with van der Waals surface area (Å²) in [6.45, 7) is 7.73. The second kappa shape index (κ2) is 8.29. The third-order valence-electron chi connectivity index (χ3n) is 2.74. The van der Waals surface area contributed by atoms with Gasteiger partial charge in [0.15, 0.2) is 6.34 Å². The molecule has 1 atom stereocenters. The van der Waals surface area contributed by atoms with Gasteiger partial charge in [-0.25, -0.2) is 4.99 Å². The lowest BCUT2D eigenvalue weighted by molar-refractivity contribution is -0.752. The Kier molecular flexibility index (Phi) is 7.90. The first kappa shape index (κ1) is 17.2. The Bertz CT molecular complexity index is 294. The number of rotatable bonds is 5. The summed E-state index contributed by atoms with van der Waals surface area (Å²) >= 11 is 0. The zero-order valence-electron chi connectivity index (χ0n) is 11.1. The van der Waals surface area contributed by atoms with E-state index in [-0.39, 0.29) is 0 Å². The standard InChI is InChI=1S/C11H20N2.BF4/c1-4-5-6-7-8-13-9-12-10(2)11(13)3;2-1(3,4)5/h9H,4-8H2,1-3H3;/q;-1/p+1. The molecule has 0 saturated carbocycles. The number of halogens is 4. The van der Waals surface area contributed by atoms with Crippen LogP contribution in [0.5, 0.6) is 0 Å². The van der Waals surface area contributed by atoms with Gasteiger partial charge in [-0.2, -0.15) is 0 Å². The smallest absolute Gasteiger partial charge is 0.418 e. The van der Waals surface area contributed by atoms with E-state index in [0.717, 1.165) is 0 Å². The van der Waals surface area contributed by atoms with Crippen molar-refractivity contribution in [3.05, 3.63) is 11.4 Å². The summed E-state index contributed by atoms with van der Waals surface area (Å²) in [5.41, 5.74) is 2.60. The van der Waals surface area contributed by atoms with Gasteiger partial charge in [0.25, 0.3) is 0 Å². The van der Waals surface area contributed by atoms with E-state index in [9.17, 15) is 17.3 Å². The molecule has 0 aromatic heterocycles. The number of quaternary nitrogens is 1. The van der Waals surface area contributed by atoms with Crippen molar-refractivity contribution in [2.75, 3.05) is 6.54 Å². The van der Waals surface area contributed by atoms with E-state index in [4.69, 9.17) is 0 Å². The number of nitrogens with one attached hydrogen (secondary N) is 1. The molecule has 1 aliphatic rings. The summed E-state index contributed by atoms with van der Waals surface area (Å²) in [5.74, 6) is 0. The molecule has 1 aliphatic heterocycles. The molecular weight excluding hydrogens is 247 g/mol. The van der Waals surface area contributed by atoms with Crippen LogP contribution in [0.15, 0.2) is 16.4 Å². The number of unbranched alkanes of at least 4 members (excludes halogenated alkanes) is 3. The molecule has 0 aromatic rings. The highest BCUT2D eigenvalue weighted by Gasteiger charge is 2.20. The molecule has 1 unspecified atom stereocenters. The van der Waals surface area contributed by atoms with Crippen molar-refractivity contribution in [2.45, 2.75) is 46.5 Å². The Balaban J connectivity index is 0.000000494. The summed E-state index contributed by atoms with van der Waals surface area (Å²) in [5, 5.41) is 0. The minimum absolute atomic E-state index is 1.20. The van der Waals surface area contributed by atoms with E-state index in [1.54, 1.807) is 0 Å². The minimum Gasteiger partial charge on any atom is -0.418 e. The molecular formula is C11H21BF4N2. The number of allylic oxidation sites excluding steroid dienone is 2. The molecule has 2 nitrogen and oxygen atoms in total. The number of hydrogen-bond donors (Lipinski definition) is 1. The van der Waals surface area contributed by atoms with E-state index in [0.29, 0.717) is 0 Å². The van der Waals surface area contributed by atoms with E-state index < -0.39 is 7.25 Å². The van der Waals surface area contributed by atoms with Gasteiger partial charge < -0.3 is 17.3 Å². The zero-order valence-corrected chi connectivity index (χ0v) is 11.1. The van der Waals surface area contributed by atoms with Crippen molar-refractivity contribution in [3.63, 3.8) is 0 Å². The highest BCUT2D eigenvalue weighted by atomic mass is 19.5. The molecule has 0 aliphatic carbocycles. The monoisotopic (exact) mass is 268 g/mol. The molecule has 0 aromatic carbocycles. The molecule has 0 saturated heterocycles. The first-order valence-electron chi connectivity index (χ1n) is 6.20. The summed E-state index contributed by atoms with van der Waals surface area (Å²) in [7, 11) is -6.00. The van der Waals surface area contributed by atoms with E-state index in [1.165, 1.54) is 48.5 Å². The Morgan fingerprint density at radius 1 is 1.11 bits per heavy atom. The largest absolute Gasteiger partial charge is 0.673 e. The number of hydrogen-bond acceptors (Lipinski definition) is 1. The summed E-state index contributed by atoms with van der Waals surface area (Å²) in [6.07, 6.45) is 7.40. The van der Waals surface area contributed by atoms with Gasteiger partial charge in [-0.05, 0) is 19.8 Å². The molecule has 0 amide bonds. The van der Waals surface area contributed by atoms with Crippen LogP contribution in [0.3, 0.4) is 0 Å². The van der Waals surface area contributed by atoms with Crippen molar-refractivity contribution in [2.24, 2.45) is 4.99 Å². The second-order valence-electron chi connectivity index (χ2n) is 4.30. The Labute approximate surface area is 106 Å². The van der Waals surface area contributed by atoms with Crippen molar-refractivity contribution in [1.29, 1.82) is 0 Å². The fourth-order valence-corrected chi connectivity index (χ4v) is 1.60. The first-order valence-corrected chi connectivity index (χ1v) is 6.20. The molecule has 1 rings (SSSR count). The van der Waals surface area contributed by atoms with Crippen molar-refractivity contribution >= 4 is 13.6 Å². The molecule has 0 bridgehead atoms. The fourth-order valence-electron chi connectivity index (χ4n) is 1.60. The van der Waals surface area contributed by atoms with Crippen LogP contribution in [0, 0.1) is 0 Å². The first-order chi connectivity index (χ1) is 8.25. The number of aliphatic imine (C=N–C) groups is 1. The molecule has 0 radical (unpaired) electrons. The summed E-state index contributed by atoms with van der Waals surface area (Å²) in [4.78, 5) is 5.77. The predicted octanol–water partition coefficient (Wildman–Crippen LogP) is 3.04. The third-order valence-corrected chi connectivity index (χ3v) is 2.74. The van der Waals surface area contributed by atoms with Gasteiger partial charge in [0.05, 0.1) is 12.2 Å². The molecule has 0 spiro atoms. The predicted molar refractivity (Wildman–Crippen MR) is 67.0 cm³/mol. The highest BCUT2D eigenvalue weighted by Crippen LogP contribution is 2.06. The lowest BCUT2D eigenvalue weighted by atomic mass is 10.2. The van der Waals surface area contributed by atoms with Gasteiger partial charge in [0.2, 0.25) is 0 Å². The Morgan fingerprint density at radius 3 is 2.06 bits per heavy atom. The maximum Gasteiger partial charge on any atom is 0.673 e. The van der Waals surface area contributed by atoms with Crippen LogP contribution in [-0.2, 0) is 0 Å². The average molecular weight is 268 g/mol. The molecule has 1 heterocycles. The lowest BCUT2D eigenvalue weighted by Crippen LogP contribution is -3.08. The molecule has 0 fully saturated rings. The Hall–Kier alpha value is -0.845. The van der Waals surface area contributed by atoms with E-state index in [1.807, 2.05) is 6.34 Å². The van der Waals surface area contributed by atoms with Crippen molar-refractivity contribution in [1.82, 2.24) is 0 Å². The maximum absolute atomic E-state index is 9.75. The van der Waals surface area contributed by atoms with Gasteiger partial charge in [0.1, 0.15) is 5.70 Å². The van der Waals surface area contributed by atoms with Gasteiger partial charge in [-0.1, -0.05) is 19.8 Å². The summed E-state index contributed by atoms with van der Waals surface area (Å²) in [6, 6.07) is 0. The van der Waals surface area contributed by atoms with Crippen LogP contribution in [0.1, 0.15) is 46.5 Å². The van der Waals surface area contributed by atoms with Gasteiger partial charge >= 0.3 is 7.25 Å². The van der Waals surface area contributed by atoms with E-state index in [2.05, 4.69) is 25.8 Å². The van der Waals surface area contributed by atoms with Crippen LogP contribution in [0.4, 0.5) is 17.3 Å². The normalized spacial score (nSPS) is 18.9.